The minimum Gasteiger partial charge on any atom is -0.481 e. The van der Waals surface area contributed by atoms with Crippen LogP contribution in [0.4, 0.5) is 0 Å². The number of carbonyl (C=O) groups is 1. The van der Waals surface area contributed by atoms with Crippen molar-refractivity contribution in [2.24, 2.45) is 23.7 Å². The van der Waals surface area contributed by atoms with E-state index in [0.717, 1.165) is 31.1 Å². The summed E-state index contributed by atoms with van der Waals surface area (Å²) in [6, 6.07) is 0. The molecular formula is C21H36O3. The molecule has 5 atom stereocenters. The van der Waals surface area contributed by atoms with Gasteiger partial charge in [0.25, 0.3) is 0 Å². The van der Waals surface area contributed by atoms with Crippen LogP contribution in [0, 0.1) is 23.7 Å². The summed E-state index contributed by atoms with van der Waals surface area (Å²) in [7, 11) is 0. The zero-order chi connectivity index (χ0) is 17.5. The number of unbranched alkanes of at least 4 members (excludes halogenated alkanes) is 1. The Morgan fingerprint density at radius 3 is 2.54 bits per heavy atom. The first-order chi connectivity index (χ1) is 11.5. The molecule has 3 aliphatic rings. The van der Waals surface area contributed by atoms with E-state index >= 15 is 0 Å². The van der Waals surface area contributed by atoms with Gasteiger partial charge < -0.3 is 9.84 Å². The highest BCUT2D eigenvalue weighted by atomic mass is 16.5. The van der Waals surface area contributed by atoms with Gasteiger partial charge in [-0.3, -0.25) is 4.79 Å². The molecule has 3 nitrogen and oxygen atoms in total. The van der Waals surface area contributed by atoms with Crippen LogP contribution >= 0.6 is 0 Å². The standard InChI is InChI=1S/C21H36O3/c1-4-16(11-8-9-15(2)3)10-6-5-7-12-17-13-18-14-19(24-18)20(17)21(22)23/h7,12,15-20H,4-6,8-11,13-14H2,1-3H3,(H,22,23)/b12-7+. The molecule has 3 rings (SSSR count). The van der Waals surface area contributed by atoms with Crippen molar-refractivity contribution in [3.63, 3.8) is 0 Å². The summed E-state index contributed by atoms with van der Waals surface area (Å²) < 4.78 is 5.59. The molecule has 2 saturated heterocycles. The number of aliphatic carboxylic acids is 1. The highest BCUT2D eigenvalue weighted by Gasteiger charge is 2.49. The molecule has 24 heavy (non-hydrogen) atoms. The molecule has 1 N–H and O–H groups in total. The number of carboxylic acid groups (broad SMARTS) is 1. The second-order valence-corrected chi connectivity index (χ2v) is 8.25. The first-order valence-corrected chi connectivity index (χ1v) is 10.1. The Hall–Kier alpha value is -0.830. The lowest BCUT2D eigenvalue weighted by Gasteiger charge is -2.48. The van der Waals surface area contributed by atoms with Crippen molar-refractivity contribution < 1.29 is 14.6 Å². The number of fused-ring (bicyclic) bond motifs is 2. The van der Waals surface area contributed by atoms with Gasteiger partial charge in [-0.25, -0.2) is 0 Å². The summed E-state index contributed by atoms with van der Waals surface area (Å²) in [6.45, 7) is 6.91. The maximum atomic E-state index is 11.5. The van der Waals surface area contributed by atoms with Crippen LogP contribution in [-0.2, 0) is 9.53 Å². The largest absolute Gasteiger partial charge is 0.481 e. The molecule has 3 fully saturated rings. The summed E-state index contributed by atoms with van der Waals surface area (Å²) in [6.07, 6.45) is 15.5. The molecule has 5 unspecified atom stereocenters. The van der Waals surface area contributed by atoms with Gasteiger partial charge in [0, 0.05) is 6.42 Å². The smallest absolute Gasteiger partial charge is 0.309 e. The maximum absolute atomic E-state index is 11.5. The van der Waals surface area contributed by atoms with Crippen molar-refractivity contribution in [2.45, 2.75) is 90.8 Å². The van der Waals surface area contributed by atoms with Crippen molar-refractivity contribution in [2.75, 3.05) is 0 Å². The van der Waals surface area contributed by atoms with Gasteiger partial charge in [0.15, 0.2) is 0 Å². The van der Waals surface area contributed by atoms with E-state index in [1.807, 2.05) is 0 Å². The predicted octanol–water partition coefficient (Wildman–Crippen LogP) is 5.44. The van der Waals surface area contributed by atoms with Crippen LogP contribution < -0.4 is 0 Å². The van der Waals surface area contributed by atoms with Crippen LogP contribution in [-0.4, -0.2) is 23.3 Å². The molecule has 0 radical (unpaired) electrons. The molecule has 2 aliphatic heterocycles. The average molecular weight is 337 g/mol. The molecule has 0 amide bonds. The van der Waals surface area contributed by atoms with Crippen molar-refractivity contribution in [1.82, 2.24) is 0 Å². The zero-order valence-electron chi connectivity index (χ0n) is 15.7. The van der Waals surface area contributed by atoms with Crippen LogP contribution in [0.2, 0.25) is 0 Å². The van der Waals surface area contributed by atoms with Crippen LogP contribution in [0.15, 0.2) is 12.2 Å². The molecular weight excluding hydrogens is 300 g/mol. The normalized spacial score (nSPS) is 30.5. The molecule has 0 aromatic heterocycles. The first-order valence-electron chi connectivity index (χ1n) is 10.1. The fourth-order valence-electron chi connectivity index (χ4n) is 4.31. The Bertz CT molecular complexity index is 409. The highest BCUT2D eigenvalue weighted by Crippen LogP contribution is 2.43. The Balaban J connectivity index is 1.65. The molecule has 1 aliphatic carbocycles. The van der Waals surface area contributed by atoms with Gasteiger partial charge in [0.2, 0.25) is 0 Å². The van der Waals surface area contributed by atoms with E-state index in [0.29, 0.717) is 6.10 Å². The number of hydrogen-bond donors (Lipinski definition) is 1. The number of rotatable bonds is 11. The van der Waals surface area contributed by atoms with Crippen molar-refractivity contribution in [3.8, 4) is 0 Å². The van der Waals surface area contributed by atoms with Gasteiger partial charge in [0.1, 0.15) is 0 Å². The third-order valence-corrected chi connectivity index (χ3v) is 5.88. The van der Waals surface area contributed by atoms with E-state index in [1.54, 1.807) is 0 Å². The quantitative estimate of drug-likeness (QED) is 0.403. The van der Waals surface area contributed by atoms with E-state index in [1.165, 1.54) is 38.5 Å². The highest BCUT2D eigenvalue weighted by molar-refractivity contribution is 5.72. The molecule has 138 valence electrons. The Morgan fingerprint density at radius 1 is 1.21 bits per heavy atom. The first kappa shape index (κ1) is 19.5. The van der Waals surface area contributed by atoms with Crippen molar-refractivity contribution >= 4 is 5.97 Å². The van der Waals surface area contributed by atoms with Gasteiger partial charge >= 0.3 is 5.97 Å². The van der Waals surface area contributed by atoms with Gasteiger partial charge in [-0.2, -0.15) is 0 Å². The lowest BCUT2D eigenvalue weighted by Crippen LogP contribution is -2.54. The van der Waals surface area contributed by atoms with Crippen LogP contribution in [0.25, 0.3) is 0 Å². The minimum absolute atomic E-state index is 0.0404. The molecule has 0 spiro atoms. The Kier molecular flexibility index (Phi) is 7.80. The van der Waals surface area contributed by atoms with Crippen LogP contribution in [0.1, 0.15) is 78.6 Å². The number of hydrogen-bond acceptors (Lipinski definition) is 2. The lowest BCUT2D eigenvalue weighted by atomic mass is 9.72. The summed E-state index contributed by atoms with van der Waals surface area (Å²) in [5.41, 5.74) is 0. The number of carboxylic acids is 1. The third kappa shape index (κ3) is 5.61. The van der Waals surface area contributed by atoms with E-state index in [9.17, 15) is 9.90 Å². The zero-order valence-corrected chi connectivity index (χ0v) is 15.7. The van der Waals surface area contributed by atoms with Crippen molar-refractivity contribution in [3.05, 3.63) is 12.2 Å². The van der Waals surface area contributed by atoms with Gasteiger partial charge in [-0.1, -0.05) is 65.0 Å². The number of ether oxygens (including phenoxy) is 1. The minimum atomic E-state index is -0.691. The van der Waals surface area contributed by atoms with E-state index in [-0.39, 0.29) is 17.9 Å². The third-order valence-electron chi connectivity index (χ3n) is 5.88. The monoisotopic (exact) mass is 336 g/mol. The van der Waals surface area contributed by atoms with Crippen LogP contribution in [0.5, 0.6) is 0 Å². The van der Waals surface area contributed by atoms with E-state index in [2.05, 4.69) is 32.9 Å². The van der Waals surface area contributed by atoms with Crippen LogP contribution in [0.3, 0.4) is 0 Å². The van der Waals surface area contributed by atoms with Gasteiger partial charge in [-0.15, -0.1) is 0 Å². The topological polar surface area (TPSA) is 46.5 Å². The fourth-order valence-corrected chi connectivity index (χ4v) is 4.31. The van der Waals surface area contributed by atoms with Gasteiger partial charge in [-0.05, 0) is 37.0 Å². The molecule has 0 aromatic carbocycles. The van der Waals surface area contributed by atoms with E-state index < -0.39 is 5.97 Å². The average Bonchev–Trinajstić information content (AvgIpc) is 2.51. The predicted molar refractivity (Wildman–Crippen MR) is 98.0 cm³/mol. The molecule has 3 heteroatoms. The van der Waals surface area contributed by atoms with E-state index in [4.69, 9.17) is 4.74 Å². The van der Waals surface area contributed by atoms with Crippen molar-refractivity contribution in [1.29, 1.82) is 0 Å². The maximum Gasteiger partial charge on any atom is 0.309 e. The molecule has 2 bridgehead atoms. The summed E-state index contributed by atoms with van der Waals surface area (Å²) in [5.74, 6) is 0.834. The molecule has 2 heterocycles. The summed E-state index contributed by atoms with van der Waals surface area (Å²) in [5, 5.41) is 9.42. The summed E-state index contributed by atoms with van der Waals surface area (Å²) in [4.78, 5) is 11.5. The lowest BCUT2D eigenvalue weighted by molar-refractivity contribution is -0.208. The summed E-state index contributed by atoms with van der Waals surface area (Å²) >= 11 is 0. The number of allylic oxidation sites excluding steroid dienone is 2. The van der Waals surface area contributed by atoms with Gasteiger partial charge in [0.05, 0.1) is 18.1 Å². The molecule has 1 saturated carbocycles. The fraction of sp³-hybridized carbons (Fsp3) is 0.857. The Morgan fingerprint density at radius 2 is 1.92 bits per heavy atom. The second-order valence-electron chi connectivity index (χ2n) is 8.25. The SMILES string of the molecule is CCC(CCC/C=C/C1CC2CC(O2)C1C(=O)O)CCCC(C)C. The Labute approximate surface area is 147 Å². The second kappa shape index (κ2) is 9.60. The molecule has 0 aromatic rings.